The smallest absolute Gasteiger partial charge is 0.307 e. The van der Waals surface area contributed by atoms with Gasteiger partial charge in [0, 0.05) is 25.7 Å². The molecule has 0 atom stereocenters. The van der Waals surface area contributed by atoms with Gasteiger partial charge in [-0.2, -0.15) is 13.2 Å². The molecular formula is C11H19F3N2. The number of alkyl halides is 3. The molecule has 2 aliphatic rings. The van der Waals surface area contributed by atoms with Crippen LogP contribution < -0.4 is 5.32 Å². The Hall–Kier alpha value is -0.290. The maximum absolute atomic E-state index is 11.9. The third kappa shape index (κ3) is 4.70. The zero-order valence-electron chi connectivity index (χ0n) is 9.39. The Balaban J connectivity index is 1.58. The van der Waals surface area contributed by atoms with Crippen molar-refractivity contribution in [3.63, 3.8) is 0 Å². The van der Waals surface area contributed by atoms with Gasteiger partial charge in [-0.15, -0.1) is 0 Å². The molecule has 2 fully saturated rings. The summed E-state index contributed by atoms with van der Waals surface area (Å²) in [7, 11) is 0. The number of rotatable bonds is 7. The van der Waals surface area contributed by atoms with Crippen LogP contribution in [0.2, 0.25) is 0 Å². The lowest BCUT2D eigenvalue weighted by Crippen LogP contribution is -2.38. The van der Waals surface area contributed by atoms with Gasteiger partial charge in [0.2, 0.25) is 0 Å². The van der Waals surface area contributed by atoms with Crippen LogP contribution in [0.1, 0.15) is 25.7 Å². The molecular weight excluding hydrogens is 217 g/mol. The van der Waals surface area contributed by atoms with Crippen molar-refractivity contribution >= 4 is 0 Å². The molecule has 1 N–H and O–H groups in total. The van der Waals surface area contributed by atoms with Crippen molar-refractivity contribution in [2.24, 2.45) is 5.92 Å². The van der Waals surface area contributed by atoms with Crippen molar-refractivity contribution in [1.82, 2.24) is 10.2 Å². The highest BCUT2D eigenvalue weighted by molar-refractivity contribution is 4.88. The summed E-state index contributed by atoms with van der Waals surface area (Å²) in [4.78, 5) is 2.36. The minimum absolute atomic E-state index is 0.447. The van der Waals surface area contributed by atoms with Gasteiger partial charge >= 0.3 is 6.18 Å². The van der Waals surface area contributed by atoms with E-state index in [9.17, 15) is 13.2 Å². The maximum atomic E-state index is 11.9. The molecule has 0 aliphatic heterocycles. The Bertz CT molecular complexity index is 222. The first-order valence-corrected chi connectivity index (χ1v) is 6.06. The van der Waals surface area contributed by atoms with Gasteiger partial charge in [0.1, 0.15) is 0 Å². The normalized spacial score (nSPS) is 21.8. The van der Waals surface area contributed by atoms with E-state index in [1.54, 1.807) is 0 Å². The first-order chi connectivity index (χ1) is 7.54. The van der Waals surface area contributed by atoms with Crippen LogP contribution >= 0.6 is 0 Å². The van der Waals surface area contributed by atoms with Gasteiger partial charge in [0.05, 0.1) is 6.54 Å². The molecule has 0 radical (unpaired) electrons. The van der Waals surface area contributed by atoms with Gasteiger partial charge in [0.25, 0.3) is 0 Å². The Kier molecular flexibility index (Phi) is 3.74. The number of halogens is 3. The van der Waals surface area contributed by atoms with Crippen LogP contribution in [0.5, 0.6) is 0 Å². The van der Waals surface area contributed by atoms with Crippen LogP contribution in [0.15, 0.2) is 0 Å². The first-order valence-electron chi connectivity index (χ1n) is 6.06. The predicted molar refractivity (Wildman–Crippen MR) is 56.2 cm³/mol. The summed E-state index contributed by atoms with van der Waals surface area (Å²) < 4.78 is 35.7. The SMILES string of the molecule is FC(F)(F)CNCCN(CC1CC1)C1CC1. The van der Waals surface area contributed by atoms with E-state index in [4.69, 9.17) is 0 Å². The fourth-order valence-electron chi connectivity index (χ4n) is 1.95. The number of hydrogen-bond donors (Lipinski definition) is 1. The zero-order valence-corrected chi connectivity index (χ0v) is 9.39. The molecule has 94 valence electrons. The molecule has 0 aromatic carbocycles. The lowest BCUT2D eigenvalue weighted by molar-refractivity contribution is -0.124. The summed E-state index contributed by atoms with van der Waals surface area (Å²) >= 11 is 0. The summed E-state index contributed by atoms with van der Waals surface area (Å²) in [5.74, 6) is 0.822. The van der Waals surface area contributed by atoms with Gasteiger partial charge in [-0.25, -0.2) is 0 Å². The summed E-state index contributed by atoms with van der Waals surface area (Å²) in [6.45, 7) is 1.44. The molecule has 0 unspecified atom stereocenters. The van der Waals surface area contributed by atoms with E-state index in [1.807, 2.05) is 0 Å². The monoisotopic (exact) mass is 236 g/mol. The lowest BCUT2D eigenvalue weighted by Gasteiger charge is -2.22. The fourth-order valence-corrected chi connectivity index (χ4v) is 1.95. The lowest BCUT2D eigenvalue weighted by atomic mass is 10.3. The molecule has 0 heterocycles. The molecule has 0 spiro atoms. The molecule has 2 aliphatic carbocycles. The highest BCUT2D eigenvalue weighted by Gasteiger charge is 2.33. The fraction of sp³-hybridized carbons (Fsp3) is 1.00. The van der Waals surface area contributed by atoms with E-state index in [2.05, 4.69) is 10.2 Å². The second-order valence-electron chi connectivity index (χ2n) is 4.96. The third-order valence-corrected chi connectivity index (χ3v) is 3.15. The number of nitrogens with one attached hydrogen (secondary N) is 1. The highest BCUT2D eigenvalue weighted by atomic mass is 19.4. The molecule has 0 bridgehead atoms. The van der Waals surface area contributed by atoms with E-state index < -0.39 is 12.7 Å². The molecule has 0 saturated heterocycles. The summed E-state index contributed by atoms with van der Waals surface area (Å²) in [6, 6.07) is 0.660. The maximum Gasteiger partial charge on any atom is 0.401 e. The van der Waals surface area contributed by atoms with Crippen LogP contribution in [0.4, 0.5) is 13.2 Å². The van der Waals surface area contributed by atoms with Crippen LogP contribution in [0.25, 0.3) is 0 Å². The van der Waals surface area contributed by atoms with Crippen LogP contribution in [-0.4, -0.2) is 43.3 Å². The molecule has 5 heteroatoms. The van der Waals surface area contributed by atoms with Gasteiger partial charge in [0.15, 0.2) is 0 Å². The van der Waals surface area contributed by atoms with Gasteiger partial charge in [-0.05, 0) is 31.6 Å². The molecule has 2 nitrogen and oxygen atoms in total. The largest absolute Gasteiger partial charge is 0.401 e. The van der Waals surface area contributed by atoms with Crippen molar-refractivity contribution in [2.45, 2.75) is 37.9 Å². The van der Waals surface area contributed by atoms with Crippen LogP contribution in [-0.2, 0) is 0 Å². The first kappa shape index (κ1) is 12.2. The summed E-state index contributed by atoms with van der Waals surface area (Å²) in [5, 5.41) is 2.47. The second kappa shape index (κ2) is 4.92. The van der Waals surface area contributed by atoms with Crippen molar-refractivity contribution in [1.29, 1.82) is 0 Å². The van der Waals surface area contributed by atoms with Crippen molar-refractivity contribution in [3.05, 3.63) is 0 Å². The Morgan fingerprint density at radius 3 is 2.31 bits per heavy atom. The summed E-state index contributed by atoms with van der Waals surface area (Å²) in [6.07, 6.45) is 0.983. The highest BCUT2D eigenvalue weighted by Crippen LogP contribution is 2.34. The molecule has 0 amide bonds. The van der Waals surface area contributed by atoms with E-state index in [0.717, 1.165) is 19.0 Å². The van der Waals surface area contributed by atoms with E-state index in [0.29, 0.717) is 12.6 Å². The Morgan fingerprint density at radius 1 is 1.12 bits per heavy atom. The Morgan fingerprint density at radius 2 is 1.81 bits per heavy atom. The molecule has 2 saturated carbocycles. The van der Waals surface area contributed by atoms with E-state index in [-0.39, 0.29) is 0 Å². The molecule has 0 aromatic heterocycles. The minimum atomic E-state index is -4.08. The Labute approximate surface area is 94.2 Å². The minimum Gasteiger partial charge on any atom is -0.307 e. The zero-order chi connectivity index (χ0) is 11.6. The molecule has 0 aromatic rings. The summed E-state index contributed by atoms with van der Waals surface area (Å²) in [5.41, 5.74) is 0. The number of hydrogen-bond acceptors (Lipinski definition) is 2. The van der Waals surface area contributed by atoms with Crippen molar-refractivity contribution < 1.29 is 13.2 Å². The molecule has 16 heavy (non-hydrogen) atoms. The van der Waals surface area contributed by atoms with Crippen molar-refractivity contribution in [3.8, 4) is 0 Å². The van der Waals surface area contributed by atoms with Crippen LogP contribution in [0, 0.1) is 5.92 Å². The van der Waals surface area contributed by atoms with Gasteiger partial charge in [-0.3, -0.25) is 4.90 Å². The van der Waals surface area contributed by atoms with Crippen LogP contribution in [0.3, 0.4) is 0 Å². The standard InChI is InChI=1S/C11H19F3N2/c12-11(13,14)8-15-5-6-16(10-3-4-10)7-9-1-2-9/h9-10,15H,1-8H2. The third-order valence-electron chi connectivity index (χ3n) is 3.15. The quantitative estimate of drug-likeness (QED) is 0.680. The predicted octanol–water partition coefficient (Wildman–Crippen LogP) is 2.01. The van der Waals surface area contributed by atoms with E-state index in [1.165, 1.54) is 25.7 Å². The second-order valence-corrected chi connectivity index (χ2v) is 4.96. The molecule has 2 rings (SSSR count). The number of nitrogens with zero attached hydrogens (tertiary/aromatic N) is 1. The average molecular weight is 236 g/mol. The average Bonchev–Trinajstić information content (AvgIpc) is 2.97. The van der Waals surface area contributed by atoms with Gasteiger partial charge in [-0.1, -0.05) is 0 Å². The van der Waals surface area contributed by atoms with E-state index >= 15 is 0 Å². The van der Waals surface area contributed by atoms with Gasteiger partial charge < -0.3 is 5.32 Å². The topological polar surface area (TPSA) is 15.3 Å². The van der Waals surface area contributed by atoms with Crippen molar-refractivity contribution in [2.75, 3.05) is 26.2 Å².